The van der Waals surface area contributed by atoms with Crippen molar-refractivity contribution in [1.29, 1.82) is 0 Å². The van der Waals surface area contributed by atoms with Crippen molar-refractivity contribution in [3.05, 3.63) is 29.3 Å². The first-order valence-electron chi connectivity index (χ1n) is 6.62. The number of halogens is 2. The van der Waals surface area contributed by atoms with Gasteiger partial charge in [-0.15, -0.1) is 0 Å². The predicted octanol–water partition coefficient (Wildman–Crippen LogP) is 3.04. The zero-order chi connectivity index (χ0) is 15.8. The highest BCUT2D eigenvalue weighted by molar-refractivity contribution is 7.85. The summed E-state index contributed by atoms with van der Waals surface area (Å²) in [6.07, 6.45) is 1.11. The van der Waals surface area contributed by atoms with E-state index in [2.05, 4.69) is 4.99 Å². The van der Waals surface area contributed by atoms with E-state index < -0.39 is 32.9 Å². The number of hydrogen-bond donors (Lipinski definition) is 0. The number of aliphatic imine (C=N–C) groups is 1. The second-order valence-electron chi connectivity index (χ2n) is 5.53. The first-order chi connectivity index (χ1) is 9.63. The molecule has 2 rings (SSSR count). The smallest absolute Gasteiger partial charge is 0.132 e. The Hall–Kier alpha value is -1.34. The molecule has 0 saturated carbocycles. The Balaban J connectivity index is 2.19. The van der Waals surface area contributed by atoms with Crippen molar-refractivity contribution in [1.82, 2.24) is 0 Å². The minimum atomic E-state index is -4.23. The van der Waals surface area contributed by atoms with Crippen LogP contribution in [0.5, 0.6) is 0 Å². The van der Waals surface area contributed by atoms with Gasteiger partial charge in [0, 0.05) is 28.5 Å². The minimum absolute atomic E-state index is 0.215. The summed E-state index contributed by atoms with van der Waals surface area (Å²) < 4.78 is 59.0. The molecule has 21 heavy (non-hydrogen) atoms. The van der Waals surface area contributed by atoms with E-state index in [1.165, 1.54) is 6.07 Å². The van der Waals surface area contributed by atoms with E-state index in [0.717, 1.165) is 6.07 Å². The lowest BCUT2D eigenvalue weighted by Gasteiger charge is -2.26. The lowest BCUT2D eigenvalue weighted by Crippen LogP contribution is -2.28. The maximum atomic E-state index is 14.1. The van der Waals surface area contributed by atoms with Crippen LogP contribution >= 0.6 is 0 Å². The number of unbranched alkanes of at least 4 members (excludes halogenated alkanes) is 1. The molecule has 4 nitrogen and oxygen atoms in total. The summed E-state index contributed by atoms with van der Waals surface area (Å²) in [5.41, 5.74) is 0.585. The van der Waals surface area contributed by atoms with Gasteiger partial charge in [-0.1, -0.05) is 13.3 Å². The molecule has 1 aromatic carbocycles. The van der Waals surface area contributed by atoms with Crippen LogP contribution < -0.4 is 0 Å². The van der Waals surface area contributed by atoms with Gasteiger partial charge in [0.15, 0.2) is 0 Å². The quantitative estimate of drug-likeness (QED) is 0.619. The number of benzene rings is 1. The van der Waals surface area contributed by atoms with Crippen molar-refractivity contribution in [3.63, 3.8) is 0 Å². The van der Waals surface area contributed by atoms with E-state index in [4.69, 9.17) is 0 Å². The normalized spacial score (nSPS) is 21.3. The molecule has 1 aromatic rings. The van der Waals surface area contributed by atoms with Crippen LogP contribution in [0.3, 0.4) is 0 Å². The fourth-order valence-corrected chi connectivity index (χ4v) is 3.30. The Bertz CT molecular complexity index is 700. The molecule has 116 valence electrons. The Morgan fingerprint density at radius 2 is 1.95 bits per heavy atom. The zero-order valence-electron chi connectivity index (χ0n) is 11.8. The van der Waals surface area contributed by atoms with Gasteiger partial charge < -0.3 is 4.55 Å². The Morgan fingerprint density at radius 3 is 2.57 bits per heavy atom. The molecule has 0 spiro atoms. The van der Waals surface area contributed by atoms with Crippen LogP contribution in [-0.2, 0) is 15.5 Å². The average Bonchev–Trinajstić information content (AvgIpc) is 2.56. The summed E-state index contributed by atoms with van der Waals surface area (Å²) in [6.45, 7) is 3.53. The molecule has 0 fully saturated rings. The molecule has 0 aliphatic carbocycles. The molecule has 0 bridgehead atoms. The Kier molecular flexibility index (Phi) is 4.17. The van der Waals surface area contributed by atoms with Crippen LogP contribution in [0.1, 0.15) is 38.7 Å². The summed E-state index contributed by atoms with van der Waals surface area (Å²) in [7, 11) is -4.23. The van der Waals surface area contributed by atoms with Gasteiger partial charge in [-0.2, -0.15) is 0 Å². The van der Waals surface area contributed by atoms with Crippen molar-refractivity contribution in [2.75, 3.05) is 5.75 Å². The van der Waals surface area contributed by atoms with Gasteiger partial charge in [0.25, 0.3) is 0 Å². The standard InChI is InChI=1S/C14H17F2NO3S/c1-9-14(2,5-3-4-6-21(18,19)20)13-11(16)7-10(15)8-12(13)17-9/h7-8H,3-6H2,1-2H3,(H,18,19,20)/p-1. The van der Waals surface area contributed by atoms with Gasteiger partial charge >= 0.3 is 0 Å². The van der Waals surface area contributed by atoms with Gasteiger partial charge in [0.2, 0.25) is 0 Å². The molecule has 0 amide bonds. The molecule has 1 heterocycles. The van der Waals surface area contributed by atoms with E-state index >= 15 is 0 Å². The van der Waals surface area contributed by atoms with Crippen LogP contribution in [-0.4, -0.2) is 24.4 Å². The highest BCUT2D eigenvalue weighted by atomic mass is 32.2. The lowest BCUT2D eigenvalue weighted by atomic mass is 9.76. The zero-order valence-corrected chi connectivity index (χ0v) is 12.6. The van der Waals surface area contributed by atoms with Crippen LogP contribution in [0, 0.1) is 11.6 Å². The Morgan fingerprint density at radius 1 is 1.29 bits per heavy atom. The predicted molar refractivity (Wildman–Crippen MR) is 74.9 cm³/mol. The highest BCUT2D eigenvalue weighted by Gasteiger charge is 2.39. The van der Waals surface area contributed by atoms with E-state index in [9.17, 15) is 21.8 Å². The SMILES string of the molecule is CC1=Nc2cc(F)cc(F)c2C1(C)CCCCS(=O)(=O)[O-]. The van der Waals surface area contributed by atoms with Gasteiger partial charge in [0.1, 0.15) is 11.6 Å². The second-order valence-corrected chi connectivity index (χ2v) is 7.05. The molecule has 7 heteroatoms. The largest absolute Gasteiger partial charge is 0.748 e. The molecule has 0 aromatic heterocycles. The topological polar surface area (TPSA) is 69.6 Å². The van der Waals surface area contributed by atoms with Crippen molar-refractivity contribution >= 4 is 21.5 Å². The van der Waals surface area contributed by atoms with Crippen molar-refractivity contribution in [2.24, 2.45) is 4.99 Å². The summed E-state index contributed by atoms with van der Waals surface area (Å²) in [5, 5.41) is 0. The fraction of sp³-hybridized carbons (Fsp3) is 0.500. The molecule has 0 N–H and O–H groups in total. The number of rotatable bonds is 5. The number of nitrogens with zero attached hydrogens (tertiary/aromatic N) is 1. The third-order valence-electron chi connectivity index (χ3n) is 3.99. The minimum Gasteiger partial charge on any atom is -0.748 e. The summed E-state index contributed by atoms with van der Waals surface area (Å²) in [6, 6.07) is 2.02. The van der Waals surface area contributed by atoms with Crippen LogP contribution in [0.15, 0.2) is 17.1 Å². The van der Waals surface area contributed by atoms with Gasteiger partial charge in [-0.05, 0) is 25.8 Å². The fourth-order valence-electron chi connectivity index (χ4n) is 2.74. The van der Waals surface area contributed by atoms with E-state index in [1.54, 1.807) is 13.8 Å². The van der Waals surface area contributed by atoms with Crippen molar-refractivity contribution < 1.29 is 21.8 Å². The first kappa shape index (κ1) is 16.0. The number of hydrogen-bond acceptors (Lipinski definition) is 4. The van der Waals surface area contributed by atoms with E-state index in [1.807, 2.05) is 0 Å². The molecule has 1 atom stereocenters. The first-order valence-corrected chi connectivity index (χ1v) is 8.20. The maximum absolute atomic E-state index is 14.1. The molecule has 1 unspecified atom stereocenters. The van der Waals surface area contributed by atoms with Gasteiger partial charge in [-0.3, -0.25) is 4.99 Å². The molecule has 1 aliphatic heterocycles. The second kappa shape index (κ2) is 5.46. The van der Waals surface area contributed by atoms with Gasteiger partial charge in [-0.25, -0.2) is 17.2 Å². The lowest BCUT2D eigenvalue weighted by molar-refractivity contribution is 0.455. The molecule has 1 aliphatic rings. The molecular formula is C14H16F2NO3S-. The van der Waals surface area contributed by atoms with Crippen molar-refractivity contribution in [2.45, 2.75) is 38.5 Å². The van der Waals surface area contributed by atoms with Crippen molar-refractivity contribution in [3.8, 4) is 0 Å². The summed E-state index contributed by atoms with van der Waals surface area (Å²) >= 11 is 0. The third kappa shape index (κ3) is 3.29. The van der Waals surface area contributed by atoms with E-state index in [-0.39, 0.29) is 12.1 Å². The Labute approximate surface area is 122 Å². The monoisotopic (exact) mass is 316 g/mol. The third-order valence-corrected chi connectivity index (χ3v) is 4.78. The maximum Gasteiger partial charge on any atom is 0.132 e. The molecular weight excluding hydrogens is 300 g/mol. The van der Waals surface area contributed by atoms with Crippen LogP contribution in [0.25, 0.3) is 0 Å². The van der Waals surface area contributed by atoms with Crippen LogP contribution in [0.4, 0.5) is 14.5 Å². The van der Waals surface area contributed by atoms with E-state index in [0.29, 0.717) is 24.1 Å². The van der Waals surface area contributed by atoms with Gasteiger partial charge in [0.05, 0.1) is 15.8 Å². The average molecular weight is 316 g/mol. The van der Waals surface area contributed by atoms with Crippen LogP contribution in [0.2, 0.25) is 0 Å². The summed E-state index contributed by atoms with van der Waals surface area (Å²) in [4.78, 5) is 4.21. The molecule has 0 saturated heterocycles. The summed E-state index contributed by atoms with van der Waals surface area (Å²) in [5.74, 6) is -1.76. The molecule has 0 radical (unpaired) electrons. The highest BCUT2D eigenvalue weighted by Crippen LogP contribution is 2.45. The number of fused-ring (bicyclic) bond motifs is 1.